The Morgan fingerprint density at radius 3 is 2.93 bits per heavy atom. The highest BCUT2D eigenvalue weighted by Gasteiger charge is 2.06. The zero-order valence-electron chi connectivity index (χ0n) is 9.41. The number of nitrogens with zero attached hydrogens (tertiary/aromatic N) is 1. The lowest BCUT2D eigenvalue weighted by atomic mass is 10.3. The van der Waals surface area contributed by atoms with E-state index in [-0.39, 0.29) is 0 Å². The highest BCUT2D eigenvalue weighted by Crippen LogP contribution is 2.10. The minimum Gasteiger partial charge on any atom is -0.468 e. The molecule has 0 unspecified atom stereocenters. The number of furan rings is 1. The van der Waals surface area contributed by atoms with Crippen molar-refractivity contribution < 1.29 is 4.42 Å². The molecule has 0 radical (unpaired) electrons. The smallest absolute Gasteiger partial charge is 0.118 e. The van der Waals surface area contributed by atoms with Gasteiger partial charge < -0.3 is 10.2 Å². The number of hydrogen-bond acceptors (Lipinski definition) is 3. The molecule has 0 spiro atoms. The van der Waals surface area contributed by atoms with E-state index in [9.17, 15) is 0 Å². The molecule has 0 atom stereocenters. The van der Waals surface area contributed by atoms with Crippen LogP contribution in [0.25, 0.3) is 0 Å². The largest absolute Gasteiger partial charge is 0.468 e. The van der Waals surface area contributed by atoms with Gasteiger partial charge >= 0.3 is 0 Å². The van der Waals surface area contributed by atoms with Crippen LogP contribution in [0.1, 0.15) is 24.7 Å². The lowest BCUT2D eigenvalue weighted by Gasteiger charge is -2.17. The van der Waals surface area contributed by atoms with Crippen molar-refractivity contribution in [3.05, 3.63) is 36.3 Å². The monoisotopic (exact) mass is 208 g/mol. The van der Waals surface area contributed by atoms with Crippen molar-refractivity contribution in [3.63, 3.8) is 0 Å². The van der Waals surface area contributed by atoms with E-state index in [1.807, 2.05) is 12.1 Å². The molecule has 1 rings (SSSR count). The van der Waals surface area contributed by atoms with Gasteiger partial charge in [0.25, 0.3) is 0 Å². The zero-order valence-corrected chi connectivity index (χ0v) is 9.41. The summed E-state index contributed by atoms with van der Waals surface area (Å²) >= 11 is 0. The summed E-state index contributed by atoms with van der Waals surface area (Å²) in [5.74, 6) is 0.978. The molecule has 0 aliphatic carbocycles. The fourth-order valence-corrected chi connectivity index (χ4v) is 1.57. The summed E-state index contributed by atoms with van der Waals surface area (Å²) in [6.07, 6.45) is 4.79. The summed E-state index contributed by atoms with van der Waals surface area (Å²) in [5, 5.41) is 0. The van der Waals surface area contributed by atoms with Crippen LogP contribution in [-0.4, -0.2) is 18.0 Å². The molecule has 0 aliphatic heterocycles. The molecule has 1 aromatic rings. The van der Waals surface area contributed by atoms with Crippen LogP contribution in [0.5, 0.6) is 0 Å². The minimum atomic E-state index is 0.540. The SMILES string of the molecule is C=CCN(CCC)Cc1cc(CN)co1. The van der Waals surface area contributed by atoms with Crippen LogP contribution in [-0.2, 0) is 13.1 Å². The Labute approximate surface area is 91.6 Å². The molecule has 15 heavy (non-hydrogen) atoms. The van der Waals surface area contributed by atoms with Gasteiger partial charge in [0.15, 0.2) is 0 Å². The van der Waals surface area contributed by atoms with Crippen LogP contribution in [0.2, 0.25) is 0 Å². The molecular formula is C12H20N2O. The van der Waals surface area contributed by atoms with E-state index < -0.39 is 0 Å². The van der Waals surface area contributed by atoms with Crippen molar-refractivity contribution >= 4 is 0 Å². The van der Waals surface area contributed by atoms with Gasteiger partial charge in [-0.25, -0.2) is 0 Å². The number of rotatable bonds is 7. The van der Waals surface area contributed by atoms with Crippen LogP contribution >= 0.6 is 0 Å². The first-order valence-corrected chi connectivity index (χ1v) is 5.39. The Bertz CT molecular complexity index is 294. The van der Waals surface area contributed by atoms with Gasteiger partial charge in [-0.1, -0.05) is 13.0 Å². The van der Waals surface area contributed by atoms with Crippen molar-refractivity contribution in [3.8, 4) is 0 Å². The second kappa shape index (κ2) is 6.43. The maximum absolute atomic E-state index is 5.52. The third-order valence-corrected chi connectivity index (χ3v) is 2.25. The molecule has 0 saturated carbocycles. The second-order valence-electron chi connectivity index (χ2n) is 3.65. The van der Waals surface area contributed by atoms with Gasteiger partial charge in [-0.2, -0.15) is 0 Å². The molecule has 0 aromatic carbocycles. The van der Waals surface area contributed by atoms with E-state index in [4.69, 9.17) is 10.2 Å². The molecule has 1 aromatic heterocycles. The van der Waals surface area contributed by atoms with Crippen molar-refractivity contribution in [2.75, 3.05) is 13.1 Å². The number of nitrogens with two attached hydrogens (primary N) is 1. The molecule has 3 heteroatoms. The van der Waals surface area contributed by atoms with Gasteiger partial charge in [-0.05, 0) is 19.0 Å². The quantitative estimate of drug-likeness (QED) is 0.698. The molecule has 1 heterocycles. The molecule has 0 fully saturated rings. The number of hydrogen-bond donors (Lipinski definition) is 1. The van der Waals surface area contributed by atoms with Crippen molar-refractivity contribution in [2.24, 2.45) is 5.73 Å². The van der Waals surface area contributed by atoms with Crippen LogP contribution in [0, 0.1) is 0 Å². The van der Waals surface area contributed by atoms with Crippen molar-refractivity contribution in [1.29, 1.82) is 0 Å². The highest BCUT2D eigenvalue weighted by molar-refractivity contribution is 5.12. The maximum atomic E-state index is 5.52. The Hall–Kier alpha value is -1.06. The molecule has 84 valence electrons. The van der Waals surface area contributed by atoms with Crippen LogP contribution in [0.4, 0.5) is 0 Å². The van der Waals surface area contributed by atoms with Gasteiger partial charge in [0.1, 0.15) is 5.76 Å². The first-order chi connectivity index (χ1) is 7.30. The third kappa shape index (κ3) is 3.90. The Balaban J connectivity index is 2.52. The minimum absolute atomic E-state index is 0.540. The van der Waals surface area contributed by atoms with Gasteiger partial charge in [-0.15, -0.1) is 6.58 Å². The summed E-state index contributed by atoms with van der Waals surface area (Å²) in [5.41, 5.74) is 6.58. The average molecular weight is 208 g/mol. The maximum Gasteiger partial charge on any atom is 0.118 e. The van der Waals surface area contributed by atoms with Crippen molar-refractivity contribution in [2.45, 2.75) is 26.4 Å². The van der Waals surface area contributed by atoms with Crippen molar-refractivity contribution in [1.82, 2.24) is 4.90 Å². The molecular weight excluding hydrogens is 188 g/mol. The van der Waals surface area contributed by atoms with Gasteiger partial charge in [0.2, 0.25) is 0 Å². The normalized spacial score (nSPS) is 10.9. The fraction of sp³-hybridized carbons (Fsp3) is 0.500. The molecule has 0 saturated heterocycles. The van der Waals surface area contributed by atoms with Crippen LogP contribution in [0.15, 0.2) is 29.4 Å². The lowest BCUT2D eigenvalue weighted by Crippen LogP contribution is -2.23. The standard InChI is InChI=1S/C12H20N2O/c1-3-5-14(6-4-2)9-12-7-11(8-13)10-15-12/h3,7,10H,1,4-6,8-9,13H2,2H3. The first-order valence-electron chi connectivity index (χ1n) is 5.39. The second-order valence-corrected chi connectivity index (χ2v) is 3.65. The van der Waals surface area contributed by atoms with E-state index in [1.165, 1.54) is 0 Å². The zero-order chi connectivity index (χ0) is 11.1. The molecule has 0 bridgehead atoms. The summed E-state index contributed by atoms with van der Waals surface area (Å²) < 4.78 is 5.42. The van der Waals surface area contributed by atoms with E-state index in [0.29, 0.717) is 6.54 Å². The fourth-order valence-electron chi connectivity index (χ4n) is 1.57. The van der Waals surface area contributed by atoms with E-state index in [2.05, 4.69) is 18.4 Å². The average Bonchev–Trinajstić information content (AvgIpc) is 2.66. The Kier molecular flexibility index (Phi) is 5.15. The highest BCUT2D eigenvalue weighted by atomic mass is 16.3. The van der Waals surface area contributed by atoms with Crippen LogP contribution in [0.3, 0.4) is 0 Å². The predicted molar refractivity (Wildman–Crippen MR) is 62.4 cm³/mol. The Morgan fingerprint density at radius 1 is 1.60 bits per heavy atom. The third-order valence-electron chi connectivity index (χ3n) is 2.25. The summed E-state index contributed by atoms with van der Waals surface area (Å²) in [7, 11) is 0. The van der Waals surface area contributed by atoms with Crippen LogP contribution < -0.4 is 5.73 Å². The topological polar surface area (TPSA) is 42.4 Å². The molecule has 2 N–H and O–H groups in total. The van der Waals surface area contributed by atoms with Gasteiger partial charge in [0.05, 0.1) is 12.8 Å². The van der Waals surface area contributed by atoms with E-state index in [0.717, 1.165) is 37.4 Å². The summed E-state index contributed by atoms with van der Waals surface area (Å²) in [6.45, 7) is 9.25. The van der Waals surface area contributed by atoms with Gasteiger partial charge in [0, 0.05) is 18.7 Å². The lowest BCUT2D eigenvalue weighted by molar-refractivity contribution is 0.269. The summed E-state index contributed by atoms with van der Waals surface area (Å²) in [6, 6.07) is 2.02. The first kappa shape index (κ1) is 12.0. The van der Waals surface area contributed by atoms with E-state index >= 15 is 0 Å². The molecule has 3 nitrogen and oxygen atoms in total. The van der Waals surface area contributed by atoms with Gasteiger partial charge in [-0.3, -0.25) is 4.90 Å². The summed E-state index contributed by atoms with van der Waals surface area (Å²) in [4.78, 5) is 2.30. The predicted octanol–water partition coefficient (Wildman–Crippen LogP) is 2.14. The molecule has 0 aliphatic rings. The molecule has 0 amide bonds. The van der Waals surface area contributed by atoms with E-state index in [1.54, 1.807) is 6.26 Å². The Morgan fingerprint density at radius 2 is 2.40 bits per heavy atom.